The monoisotopic (exact) mass is 237 g/mol. The van der Waals surface area contributed by atoms with Crippen LogP contribution in [-0.4, -0.2) is 0 Å². The Bertz CT molecular complexity index is 461. The first-order valence-corrected chi connectivity index (χ1v) is 6.33. The Balaban J connectivity index is 2.01. The van der Waals surface area contributed by atoms with Crippen molar-refractivity contribution < 1.29 is 0 Å². The van der Waals surface area contributed by atoms with Gasteiger partial charge in [0.1, 0.15) is 0 Å². The first-order chi connectivity index (χ1) is 8.90. The molecule has 0 radical (unpaired) electrons. The van der Waals surface area contributed by atoms with Gasteiger partial charge in [0.15, 0.2) is 0 Å². The quantitative estimate of drug-likeness (QED) is 0.746. The molecule has 0 bridgehead atoms. The fraction of sp³-hybridized carbons (Fsp3) is 0.176. The summed E-state index contributed by atoms with van der Waals surface area (Å²) < 4.78 is 0. The highest BCUT2D eigenvalue weighted by atomic mass is 14.9. The molecular weight excluding hydrogens is 218 g/mol. The Labute approximate surface area is 109 Å². The van der Waals surface area contributed by atoms with Crippen molar-refractivity contribution in [2.45, 2.75) is 19.0 Å². The number of hydrogen-bond acceptors (Lipinski definition) is 1. The molecule has 0 fully saturated rings. The van der Waals surface area contributed by atoms with Crippen molar-refractivity contribution >= 4 is 0 Å². The SMILES string of the molecule is C=CCC(NCc1ccccc1)c1ccccc1. The van der Waals surface area contributed by atoms with Crippen LogP contribution in [-0.2, 0) is 6.54 Å². The third-order valence-electron chi connectivity index (χ3n) is 3.00. The Morgan fingerprint density at radius 2 is 1.56 bits per heavy atom. The van der Waals surface area contributed by atoms with Crippen molar-refractivity contribution in [2.75, 3.05) is 0 Å². The number of nitrogens with one attached hydrogen (secondary N) is 1. The standard InChI is InChI=1S/C17H19N/c1-2-9-17(16-12-7-4-8-13-16)18-14-15-10-5-3-6-11-15/h2-8,10-13,17-18H,1,9,14H2. The van der Waals surface area contributed by atoms with Crippen molar-refractivity contribution in [1.29, 1.82) is 0 Å². The molecule has 1 nitrogen and oxygen atoms in total. The zero-order chi connectivity index (χ0) is 12.6. The lowest BCUT2D eigenvalue weighted by molar-refractivity contribution is 0.539. The lowest BCUT2D eigenvalue weighted by Gasteiger charge is -2.17. The average molecular weight is 237 g/mol. The minimum Gasteiger partial charge on any atom is -0.306 e. The van der Waals surface area contributed by atoms with Gasteiger partial charge in [-0.2, -0.15) is 0 Å². The van der Waals surface area contributed by atoms with Crippen molar-refractivity contribution in [2.24, 2.45) is 0 Å². The van der Waals surface area contributed by atoms with E-state index < -0.39 is 0 Å². The van der Waals surface area contributed by atoms with Gasteiger partial charge in [0.25, 0.3) is 0 Å². The second kappa shape index (κ2) is 6.77. The van der Waals surface area contributed by atoms with Crippen LogP contribution in [0.4, 0.5) is 0 Å². The zero-order valence-corrected chi connectivity index (χ0v) is 10.5. The summed E-state index contributed by atoms with van der Waals surface area (Å²) >= 11 is 0. The number of hydrogen-bond donors (Lipinski definition) is 1. The normalized spacial score (nSPS) is 12.0. The van der Waals surface area contributed by atoms with Crippen LogP contribution in [0.2, 0.25) is 0 Å². The topological polar surface area (TPSA) is 12.0 Å². The molecule has 0 amide bonds. The molecule has 0 spiro atoms. The largest absolute Gasteiger partial charge is 0.306 e. The average Bonchev–Trinajstić information content (AvgIpc) is 2.45. The van der Waals surface area contributed by atoms with Crippen LogP contribution in [0.25, 0.3) is 0 Å². The van der Waals surface area contributed by atoms with Crippen LogP contribution in [0.15, 0.2) is 73.3 Å². The molecule has 2 rings (SSSR count). The van der Waals surface area contributed by atoms with Crippen LogP contribution in [0.1, 0.15) is 23.6 Å². The smallest absolute Gasteiger partial charge is 0.0357 e. The van der Waals surface area contributed by atoms with Crippen molar-refractivity contribution in [3.8, 4) is 0 Å². The van der Waals surface area contributed by atoms with Gasteiger partial charge in [0.05, 0.1) is 0 Å². The molecule has 2 aromatic rings. The van der Waals surface area contributed by atoms with Gasteiger partial charge in [0.2, 0.25) is 0 Å². The first kappa shape index (κ1) is 12.6. The van der Waals surface area contributed by atoms with Crippen LogP contribution in [0.5, 0.6) is 0 Å². The molecule has 2 aromatic carbocycles. The predicted molar refractivity (Wildman–Crippen MR) is 77.3 cm³/mol. The van der Waals surface area contributed by atoms with E-state index in [2.05, 4.69) is 60.4 Å². The third kappa shape index (κ3) is 3.57. The van der Waals surface area contributed by atoms with E-state index in [1.54, 1.807) is 0 Å². The maximum absolute atomic E-state index is 3.84. The van der Waals surface area contributed by atoms with E-state index >= 15 is 0 Å². The molecule has 1 unspecified atom stereocenters. The Morgan fingerprint density at radius 3 is 2.17 bits per heavy atom. The lowest BCUT2D eigenvalue weighted by Crippen LogP contribution is -2.20. The number of benzene rings is 2. The van der Waals surface area contributed by atoms with E-state index in [9.17, 15) is 0 Å². The maximum atomic E-state index is 3.84. The lowest BCUT2D eigenvalue weighted by atomic mass is 10.0. The molecule has 1 atom stereocenters. The summed E-state index contributed by atoms with van der Waals surface area (Å²) in [4.78, 5) is 0. The fourth-order valence-corrected chi connectivity index (χ4v) is 2.03. The van der Waals surface area contributed by atoms with Crippen molar-refractivity contribution in [1.82, 2.24) is 5.32 Å². The summed E-state index contributed by atoms with van der Waals surface area (Å²) in [5, 5.41) is 3.58. The van der Waals surface area contributed by atoms with Gasteiger partial charge in [-0.25, -0.2) is 0 Å². The highest BCUT2D eigenvalue weighted by Gasteiger charge is 2.08. The summed E-state index contributed by atoms with van der Waals surface area (Å²) in [5.74, 6) is 0. The van der Waals surface area contributed by atoms with Crippen LogP contribution in [0, 0.1) is 0 Å². The van der Waals surface area contributed by atoms with E-state index in [0.29, 0.717) is 6.04 Å². The van der Waals surface area contributed by atoms with Gasteiger partial charge in [0, 0.05) is 12.6 Å². The molecule has 18 heavy (non-hydrogen) atoms. The summed E-state index contributed by atoms with van der Waals surface area (Å²) in [5.41, 5.74) is 2.62. The van der Waals surface area contributed by atoms with Gasteiger partial charge >= 0.3 is 0 Å². The summed E-state index contributed by atoms with van der Waals surface area (Å²) in [6.07, 6.45) is 2.91. The fourth-order valence-electron chi connectivity index (χ4n) is 2.03. The Hall–Kier alpha value is -1.86. The molecule has 0 saturated carbocycles. The molecule has 1 heteroatoms. The molecule has 0 saturated heterocycles. The maximum Gasteiger partial charge on any atom is 0.0357 e. The van der Waals surface area contributed by atoms with E-state index in [-0.39, 0.29) is 0 Å². The third-order valence-corrected chi connectivity index (χ3v) is 3.00. The molecule has 0 aliphatic heterocycles. The van der Waals surface area contributed by atoms with E-state index in [1.807, 2.05) is 18.2 Å². The molecular formula is C17H19N. The van der Waals surface area contributed by atoms with Gasteiger partial charge in [-0.1, -0.05) is 66.7 Å². The van der Waals surface area contributed by atoms with Gasteiger partial charge in [-0.3, -0.25) is 0 Å². The second-order valence-electron chi connectivity index (χ2n) is 4.35. The van der Waals surface area contributed by atoms with Crippen LogP contribution >= 0.6 is 0 Å². The Kier molecular flexibility index (Phi) is 4.74. The van der Waals surface area contributed by atoms with Crippen LogP contribution in [0.3, 0.4) is 0 Å². The molecule has 0 heterocycles. The van der Waals surface area contributed by atoms with E-state index in [1.165, 1.54) is 11.1 Å². The van der Waals surface area contributed by atoms with E-state index in [0.717, 1.165) is 13.0 Å². The van der Waals surface area contributed by atoms with Crippen LogP contribution < -0.4 is 5.32 Å². The summed E-state index contributed by atoms with van der Waals surface area (Å²) in [6, 6.07) is 21.3. The predicted octanol–water partition coefficient (Wildman–Crippen LogP) is 4.09. The second-order valence-corrected chi connectivity index (χ2v) is 4.35. The summed E-state index contributed by atoms with van der Waals surface area (Å²) in [6.45, 7) is 4.72. The van der Waals surface area contributed by atoms with Gasteiger partial charge in [-0.05, 0) is 17.5 Å². The highest BCUT2D eigenvalue weighted by Crippen LogP contribution is 2.17. The van der Waals surface area contributed by atoms with Crippen molar-refractivity contribution in [3.05, 3.63) is 84.4 Å². The molecule has 1 N–H and O–H groups in total. The Morgan fingerprint density at radius 1 is 0.944 bits per heavy atom. The minimum atomic E-state index is 0.337. The van der Waals surface area contributed by atoms with E-state index in [4.69, 9.17) is 0 Å². The summed E-state index contributed by atoms with van der Waals surface area (Å²) in [7, 11) is 0. The highest BCUT2D eigenvalue weighted by molar-refractivity contribution is 5.20. The molecule has 92 valence electrons. The minimum absolute atomic E-state index is 0.337. The first-order valence-electron chi connectivity index (χ1n) is 6.33. The van der Waals surface area contributed by atoms with Gasteiger partial charge < -0.3 is 5.32 Å². The van der Waals surface area contributed by atoms with Gasteiger partial charge in [-0.15, -0.1) is 6.58 Å². The zero-order valence-electron chi connectivity index (χ0n) is 10.5. The molecule has 0 aliphatic rings. The molecule has 0 aromatic heterocycles. The number of rotatable bonds is 6. The van der Waals surface area contributed by atoms with Crippen molar-refractivity contribution in [3.63, 3.8) is 0 Å². The molecule has 0 aliphatic carbocycles.